The molecule has 9 heteroatoms. The Kier molecular flexibility index (Phi) is 6.14. The zero-order valence-corrected chi connectivity index (χ0v) is 17.1. The molecule has 0 radical (unpaired) electrons. The number of anilines is 2. The van der Waals surface area contributed by atoms with Gasteiger partial charge in [-0.1, -0.05) is 19.9 Å². The summed E-state index contributed by atoms with van der Waals surface area (Å²) in [4.78, 5) is 24.4. The van der Waals surface area contributed by atoms with E-state index >= 15 is 0 Å². The molecule has 31 heavy (non-hydrogen) atoms. The number of carbonyl (C=O) groups excluding carboxylic acids is 2. The number of rotatable bonds is 5. The minimum absolute atomic E-state index is 0.116. The van der Waals surface area contributed by atoms with Gasteiger partial charge in [-0.05, 0) is 49.4 Å². The lowest BCUT2D eigenvalue weighted by atomic mass is 10.2. The number of hydrogen-bond acceptors (Lipinski definition) is 3. The summed E-state index contributed by atoms with van der Waals surface area (Å²) >= 11 is 0. The maximum Gasteiger partial charge on any atom is 0.416 e. The highest BCUT2D eigenvalue weighted by Gasteiger charge is 2.30. The van der Waals surface area contributed by atoms with E-state index in [0.717, 1.165) is 12.1 Å². The lowest BCUT2D eigenvalue weighted by Gasteiger charge is -2.11. The molecular weight excluding hydrogens is 409 g/mol. The molecule has 2 amide bonds. The summed E-state index contributed by atoms with van der Waals surface area (Å²) < 4.78 is 40.2. The van der Waals surface area contributed by atoms with Gasteiger partial charge in [-0.2, -0.15) is 18.3 Å². The van der Waals surface area contributed by atoms with Crippen molar-refractivity contribution < 1.29 is 22.8 Å². The normalized spacial score (nSPS) is 11.5. The number of aromatic nitrogens is 2. The topological polar surface area (TPSA) is 76.0 Å². The van der Waals surface area contributed by atoms with Crippen LogP contribution >= 0.6 is 0 Å². The third-order valence-corrected chi connectivity index (χ3v) is 4.61. The number of nitrogens with one attached hydrogen (secondary N) is 2. The van der Waals surface area contributed by atoms with Crippen molar-refractivity contribution in [2.45, 2.75) is 26.9 Å². The lowest BCUT2D eigenvalue weighted by molar-refractivity contribution is -0.137. The van der Waals surface area contributed by atoms with Gasteiger partial charge in [-0.25, -0.2) is 4.68 Å². The van der Waals surface area contributed by atoms with E-state index in [4.69, 9.17) is 0 Å². The Morgan fingerprint density at radius 2 is 1.61 bits per heavy atom. The zero-order valence-electron chi connectivity index (χ0n) is 17.1. The van der Waals surface area contributed by atoms with Gasteiger partial charge in [0.05, 0.1) is 28.7 Å². The van der Waals surface area contributed by atoms with Crippen LogP contribution in [0.25, 0.3) is 5.69 Å². The summed E-state index contributed by atoms with van der Waals surface area (Å²) in [7, 11) is 0. The lowest BCUT2D eigenvalue weighted by Crippen LogP contribution is -2.17. The minimum Gasteiger partial charge on any atom is -0.326 e. The molecule has 0 aliphatic heterocycles. The van der Waals surface area contributed by atoms with Gasteiger partial charge in [-0.15, -0.1) is 0 Å². The predicted octanol–water partition coefficient (Wildman–Crippen LogP) is 5.05. The molecule has 0 bridgehead atoms. The summed E-state index contributed by atoms with van der Waals surface area (Å²) in [6.45, 7) is 5.17. The standard InChI is InChI=1S/C22H21F3N4O2/c1-13(2)20(30)27-16-7-9-17(10-8-16)28-21(31)19-12-26-29(14(19)3)18-6-4-5-15(11-18)22(23,24)25/h4-13H,1-3H3,(H,27,30)(H,28,31). The molecule has 0 spiro atoms. The van der Waals surface area contributed by atoms with Crippen molar-refractivity contribution in [3.63, 3.8) is 0 Å². The smallest absolute Gasteiger partial charge is 0.326 e. The number of hydrogen-bond donors (Lipinski definition) is 2. The van der Waals surface area contributed by atoms with E-state index in [2.05, 4.69) is 15.7 Å². The number of halogens is 3. The molecule has 0 atom stereocenters. The summed E-state index contributed by atoms with van der Waals surface area (Å²) in [5, 5.41) is 9.55. The molecule has 3 aromatic rings. The Hall–Kier alpha value is -3.62. The van der Waals surface area contributed by atoms with Gasteiger partial charge in [0.15, 0.2) is 0 Å². The first-order valence-corrected chi connectivity index (χ1v) is 9.51. The van der Waals surface area contributed by atoms with Crippen LogP contribution in [0.2, 0.25) is 0 Å². The van der Waals surface area contributed by atoms with Gasteiger partial charge in [-0.3, -0.25) is 9.59 Å². The van der Waals surface area contributed by atoms with Crippen molar-refractivity contribution >= 4 is 23.2 Å². The molecule has 0 aliphatic rings. The van der Waals surface area contributed by atoms with E-state index in [-0.39, 0.29) is 23.1 Å². The first-order valence-electron chi connectivity index (χ1n) is 9.51. The Bertz CT molecular complexity index is 1100. The molecule has 1 aromatic heterocycles. The second-order valence-corrected chi connectivity index (χ2v) is 7.28. The third kappa shape index (κ3) is 5.11. The highest BCUT2D eigenvalue weighted by atomic mass is 19.4. The number of carbonyl (C=O) groups is 2. The van der Waals surface area contributed by atoms with Gasteiger partial charge in [0.2, 0.25) is 5.91 Å². The van der Waals surface area contributed by atoms with Crippen LogP contribution in [0.1, 0.15) is 35.5 Å². The van der Waals surface area contributed by atoms with Crippen LogP contribution in [0.5, 0.6) is 0 Å². The van der Waals surface area contributed by atoms with Crippen molar-refractivity contribution in [2.24, 2.45) is 5.92 Å². The molecule has 0 fully saturated rings. The van der Waals surface area contributed by atoms with Crippen molar-refractivity contribution in [1.82, 2.24) is 9.78 Å². The number of benzene rings is 2. The maximum absolute atomic E-state index is 13.0. The molecule has 6 nitrogen and oxygen atoms in total. The Morgan fingerprint density at radius 1 is 1.00 bits per heavy atom. The van der Waals surface area contributed by atoms with Crippen molar-refractivity contribution in [1.29, 1.82) is 0 Å². The van der Waals surface area contributed by atoms with Gasteiger partial charge in [0.1, 0.15) is 0 Å². The quantitative estimate of drug-likeness (QED) is 0.595. The van der Waals surface area contributed by atoms with Crippen LogP contribution < -0.4 is 10.6 Å². The number of nitrogens with zero attached hydrogens (tertiary/aromatic N) is 2. The van der Waals surface area contributed by atoms with E-state index in [1.54, 1.807) is 45.0 Å². The molecular formula is C22H21F3N4O2. The van der Waals surface area contributed by atoms with E-state index in [1.165, 1.54) is 23.0 Å². The molecule has 1 heterocycles. The van der Waals surface area contributed by atoms with E-state index < -0.39 is 17.6 Å². The monoisotopic (exact) mass is 430 g/mol. The highest BCUT2D eigenvalue weighted by Crippen LogP contribution is 2.30. The van der Waals surface area contributed by atoms with Crippen LogP contribution in [-0.2, 0) is 11.0 Å². The van der Waals surface area contributed by atoms with Gasteiger partial charge >= 0.3 is 6.18 Å². The van der Waals surface area contributed by atoms with E-state index in [1.807, 2.05) is 0 Å². The van der Waals surface area contributed by atoms with E-state index in [9.17, 15) is 22.8 Å². The van der Waals surface area contributed by atoms with Gasteiger partial charge in [0.25, 0.3) is 5.91 Å². The summed E-state index contributed by atoms with van der Waals surface area (Å²) in [6, 6.07) is 11.3. The van der Waals surface area contributed by atoms with Crippen molar-refractivity contribution in [2.75, 3.05) is 10.6 Å². The molecule has 0 saturated heterocycles. The predicted molar refractivity (Wildman–Crippen MR) is 111 cm³/mol. The molecule has 162 valence electrons. The second-order valence-electron chi connectivity index (χ2n) is 7.28. The maximum atomic E-state index is 13.0. The highest BCUT2D eigenvalue weighted by molar-refractivity contribution is 6.05. The molecule has 0 saturated carbocycles. The average Bonchev–Trinajstić information content (AvgIpc) is 3.10. The largest absolute Gasteiger partial charge is 0.416 e. The third-order valence-electron chi connectivity index (χ3n) is 4.61. The number of alkyl halides is 3. The first kappa shape index (κ1) is 22.1. The van der Waals surface area contributed by atoms with Gasteiger partial charge < -0.3 is 10.6 Å². The Balaban J connectivity index is 1.76. The van der Waals surface area contributed by atoms with Crippen LogP contribution in [-0.4, -0.2) is 21.6 Å². The van der Waals surface area contributed by atoms with Crippen molar-refractivity contribution in [3.05, 3.63) is 71.5 Å². The van der Waals surface area contributed by atoms with Crippen LogP contribution in [0.4, 0.5) is 24.5 Å². The summed E-state index contributed by atoms with van der Waals surface area (Å²) in [6.07, 6.45) is -3.17. The summed E-state index contributed by atoms with van der Waals surface area (Å²) in [5.41, 5.74) is 1.14. The number of amides is 2. The van der Waals surface area contributed by atoms with Crippen LogP contribution in [0.15, 0.2) is 54.7 Å². The molecule has 0 unspecified atom stereocenters. The molecule has 0 aliphatic carbocycles. The van der Waals surface area contributed by atoms with E-state index in [0.29, 0.717) is 17.1 Å². The second kappa shape index (κ2) is 8.63. The first-order chi connectivity index (χ1) is 14.6. The minimum atomic E-state index is -4.47. The fourth-order valence-corrected chi connectivity index (χ4v) is 2.83. The molecule has 2 aromatic carbocycles. The molecule has 3 rings (SSSR count). The van der Waals surface area contributed by atoms with Crippen LogP contribution in [0.3, 0.4) is 0 Å². The average molecular weight is 430 g/mol. The van der Waals surface area contributed by atoms with Gasteiger partial charge in [0, 0.05) is 17.3 Å². The van der Waals surface area contributed by atoms with Crippen LogP contribution in [0, 0.1) is 12.8 Å². The van der Waals surface area contributed by atoms with Crippen molar-refractivity contribution in [3.8, 4) is 5.69 Å². The zero-order chi connectivity index (χ0) is 22.8. The fourth-order valence-electron chi connectivity index (χ4n) is 2.83. The summed E-state index contributed by atoms with van der Waals surface area (Å²) in [5.74, 6) is -0.722. The SMILES string of the molecule is Cc1c(C(=O)Nc2ccc(NC(=O)C(C)C)cc2)cnn1-c1cccc(C(F)(F)F)c1. The molecule has 2 N–H and O–H groups in total. The fraction of sp³-hybridized carbons (Fsp3) is 0.227. The Labute approximate surface area is 177 Å². The Morgan fingerprint density at radius 3 is 2.19 bits per heavy atom.